The minimum absolute atomic E-state index is 0.362. The molecular formula is C19H37N5O2. The second-order valence-corrected chi connectivity index (χ2v) is 8.31. The second-order valence-electron chi connectivity index (χ2n) is 8.31. The van der Waals surface area contributed by atoms with E-state index in [9.17, 15) is 4.79 Å². The predicted molar refractivity (Wildman–Crippen MR) is 106 cm³/mol. The molecule has 1 saturated carbocycles. The first-order valence-electron chi connectivity index (χ1n) is 10.1. The minimum atomic E-state index is -0.456. The maximum Gasteiger partial charge on any atom is 0.407 e. The molecule has 0 aromatic carbocycles. The van der Waals surface area contributed by atoms with Gasteiger partial charge in [-0.3, -0.25) is 4.99 Å². The fourth-order valence-corrected chi connectivity index (χ4v) is 3.14. The Kier molecular flexibility index (Phi) is 8.00. The van der Waals surface area contributed by atoms with Gasteiger partial charge in [0.1, 0.15) is 5.60 Å². The van der Waals surface area contributed by atoms with Crippen molar-refractivity contribution in [3.63, 3.8) is 0 Å². The quantitative estimate of drug-likeness (QED) is 0.347. The molecule has 3 N–H and O–H groups in total. The van der Waals surface area contributed by atoms with Gasteiger partial charge in [-0.25, -0.2) is 4.79 Å². The average Bonchev–Trinajstić information content (AvgIpc) is 3.29. The lowest BCUT2D eigenvalue weighted by Gasteiger charge is -2.19. The summed E-state index contributed by atoms with van der Waals surface area (Å²) in [6.07, 6.45) is 4.50. The second kappa shape index (κ2) is 10.00. The summed E-state index contributed by atoms with van der Waals surface area (Å²) in [7, 11) is 0. The molecule has 7 nitrogen and oxygen atoms in total. The van der Waals surface area contributed by atoms with Gasteiger partial charge in [0.25, 0.3) is 0 Å². The SMILES string of the molecule is CCNC(=NCC1CCN(C2CC2)C1)NCCCNC(=O)OC(C)(C)C. The van der Waals surface area contributed by atoms with Gasteiger partial charge >= 0.3 is 6.09 Å². The standard InChI is InChI=1S/C19H37N5O2/c1-5-20-17(21-10-6-11-22-18(25)26-19(2,3)4)23-13-15-9-12-24(14-15)16-7-8-16/h15-16H,5-14H2,1-4H3,(H,22,25)(H2,20,21,23). The van der Waals surface area contributed by atoms with Crippen LogP contribution in [0.5, 0.6) is 0 Å². The van der Waals surface area contributed by atoms with E-state index < -0.39 is 5.60 Å². The van der Waals surface area contributed by atoms with Crippen molar-refractivity contribution >= 4 is 12.1 Å². The Morgan fingerprint density at radius 3 is 2.54 bits per heavy atom. The molecule has 1 amide bonds. The molecule has 1 saturated heterocycles. The third-order valence-corrected chi connectivity index (χ3v) is 4.55. The van der Waals surface area contributed by atoms with Gasteiger partial charge in [0.05, 0.1) is 0 Å². The number of ether oxygens (including phenoxy) is 1. The van der Waals surface area contributed by atoms with Crippen molar-refractivity contribution < 1.29 is 9.53 Å². The number of nitrogens with one attached hydrogen (secondary N) is 3. The molecule has 0 spiro atoms. The van der Waals surface area contributed by atoms with Crippen LogP contribution in [-0.4, -0.2) is 67.9 Å². The first-order valence-corrected chi connectivity index (χ1v) is 10.1. The van der Waals surface area contributed by atoms with Gasteiger partial charge in [-0.1, -0.05) is 0 Å². The molecule has 1 aliphatic heterocycles. The Morgan fingerprint density at radius 2 is 1.88 bits per heavy atom. The first kappa shape index (κ1) is 20.8. The molecule has 0 aromatic rings. The lowest BCUT2D eigenvalue weighted by molar-refractivity contribution is 0.0527. The highest BCUT2D eigenvalue weighted by molar-refractivity contribution is 5.79. The van der Waals surface area contributed by atoms with Gasteiger partial charge < -0.3 is 25.6 Å². The molecule has 0 radical (unpaired) electrons. The number of guanidine groups is 1. The predicted octanol–water partition coefficient (Wildman–Crippen LogP) is 1.94. The third-order valence-electron chi connectivity index (χ3n) is 4.55. The summed E-state index contributed by atoms with van der Waals surface area (Å²) in [4.78, 5) is 19.0. The topological polar surface area (TPSA) is 78.0 Å². The number of hydrogen-bond acceptors (Lipinski definition) is 4. The van der Waals surface area contributed by atoms with Crippen LogP contribution in [0.4, 0.5) is 4.79 Å². The maximum atomic E-state index is 11.6. The van der Waals surface area contributed by atoms with Crippen LogP contribution < -0.4 is 16.0 Å². The van der Waals surface area contributed by atoms with E-state index in [1.807, 2.05) is 20.8 Å². The van der Waals surface area contributed by atoms with E-state index in [0.29, 0.717) is 12.5 Å². The van der Waals surface area contributed by atoms with Crippen LogP contribution in [0, 0.1) is 5.92 Å². The van der Waals surface area contributed by atoms with Crippen LogP contribution in [0.15, 0.2) is 4.99 Å². The van der Waals surface area contributed by atoms with Crippen molar-refractivity contribution in [3.8, 4) is 0 Å². The molecule has 2 aliphatic rings. The van der Waals surface area contributed by atoms with E-state index in [4.69, 9.17) is 9.73 Å². The van der Waals surface area contributed by atoms with E-state index in [0.717, 1.165) is 38.1 Å². The molecule has 2 fully saturated rings. The zero-order valence-corrected chi connectivity index (χ0v) is 16.9. The summed E-state index contributed by atoms with van der Waals surface area (Å²) in [6.45, 7) is 13.2. The molecular weight excluding hydrogens is 330 g/mol. The molecule has 1 heterocycles. The monoisotopic (exact) mass is 367 g/mol. The minimum Gasteiger partial charge on any atom is -0.444 e. The smallest absolute Gasteiger partial charge is 0.407 e. The average molecular weight is 368 g/mol. The molecule has 0 aromatic heterocycles. The van der Waals surface area contributed by atoms with E-state index in [1.165, 1.54) is 32.4 Å². The molecule has 150 valence electrons. The number of hydrogen-bond donors (Lipinski definition) is 3. The van der Waals surface area contributed by atoms with Crippen LogP contribution >= 0.6 is 0 Å². The van der Waals surface area contributed by atoms with E-state index >= 15 is 0 Å². The van der Waals surface area contributed by atoms with E-state index in [2.05, 4.69) is 27.8 Å². The molecule has 1 aliphatic carbocycles. The first-order chi connectivity index (χ1) is 12.4. The number of rotatable bonds is 8. The molecule has 1 unspecified atom stereocenters. The molecule has 2 rings (SSSR count). The van der Waals surface area contributed by atoms with Crippen molar-refractivity contribution in [1.82, 2.24) is 20.9 Å². The van der Waals surface area contributed by atoms with Gasteiger partial charge in [0.2, 0.25) is 0 Å². The van der Waals surface area contributed by atoms with Gasteiger partial charge in [-0.15, -0.1) is 0 Å². The largest absolute Gasteiger partial charge is 0.444 e. The molecule has 0 bridgehead atoms. The highest BCUT2D eigenvalue weighted by atomic mass is 16.6. The van der Waals surface area contributed by atoms with Crippen LogP contribution in [0.25, 0.3) is 0 Å². The summed E-state index contributed by atoms with van der Waals surface area (Å²) in [6, 6.07) is 0.868. The van der Waals surface area contributed by atoms with Gasteiger partial charge in [0, 0.05) is 38.8 Å². The lowest BCUT2D eigenvalue weighted by Crippen LogP contribution is -2.39. The van der Waals surface area contributed by atoms with Gasteiger partial charge in [-0.2, -0.15) is 0 Å². The van der Waals surface area contributed by atoms with Gasteiger partial charge in [-0.05, 0) is 65.8 Å². The Balaban J connectivity index is 1.60. The normalized spacial score (nSPS) is 21.5. The number of nitrogens with zero attached hydrogens (tertiary/aromatic N) is 2. The summed E-state index contributed by atoms with van der Waals surface area (Å²) in [5, 5.41) is 9.42. The van der Waals surface area contributed by atoms with Gasteiger partial charge in [0.15, 0.2) is 5.96 Å². The van der Waals surface area contributed by atoms with Crippen molar-refractivity contribution in [2.45, 2.75) is 65.0 Å². The molecule has 26 heavy (non-hydrogen) atoms. The summed E-state index contributed by atoms with van der Waals surface area (Å²) < 4.78 is 5.22. The van der Waals surface area contributed by atoms with Crippen molar-refractivity contribution in [3.05, 3.63) is 0 Å². The van der Waals surface area contributed by atoms with E-state index in [-0.39, 0.29) is 6.09 Å². The summed E-state index contributed by atoms with van der Waals surface area (Å²) in [5.41, 5.74) is -0.456. The van der Waals surface area contributed by atoms with Crippen LogP contribution in [0.3, 0.4) is 0 Å². The highest BCUT2D eigenvalue weighted by Gasteiger charge is 2.34. The summed E-state index contributed by atoms with van der Waals surface area (Å²) in [5.74, 6) is 1.55. The fourth-order valence-electron chi connectivity index (χ4n) is 3.14. The number of alkyl carbamates (subject to hydrolysis) is 1. The molecule has 7 heteroatoms. The Hall–Kier alpha value is -1.50. The number of aliphatic imine (C=N–C) groups is 1. The number of amides is 1. The number of carbonyl (C=O) groups is 1. The van der Waals surface area contributed by atoms with Crippen LogP contribution in [0.1, 0.15) is 53.4 Å². The fraction of sp³-hybridized carbons (Fsp3) is 0.895. The summed E-state index contributed by atoms with van der Waals surface area (Å²) >= 11 is 0. The highest BCUT2D eigenvalue weighted by Crippen LogP contribution is 2.31. The Morgan fingerprint density at radius 1 is 1.15 bits per heavy atom. The van der Waals surface area contributed by atoms with Crippen LogP contribution in [0.2, 0.25) is 0 Å². The third kappa shape index (κ3) is 8.25. The number of carbonyl (C=O) groups excluding carboxylic acids is 1. The lowest BCUT2D eigenvalue weighted by atomic mass is 10.1. The Bertz CT molecular complexity index is 471. The zero-order chi connectivity index (χ0) is 19.0. The molecule has 1 atom stereocenters. The Labute approximate surface area is 158 Å². The van der Waals surface area contributed by atoms with Crippen molar-refractivity contribution in [2.75, 3.05) is 39.3 Å². The number of likely N-dealkylation sites (tertiary alicyclic amines) is 1. The van der Waals surface area contributed by atoms with Crippen LogP contribution in [-0.2, 0) is 4.74 Å². The maximum absolute atomic E-state index is 11.6. The van der Waals surface area contributed by atoms with Crippen molar-refractivity contribution in [2.24, 2.45) is 10.9 Å². The van der Waals surface area contributed by atoms with E-state index in [1.54, 1.807) is 0 Å². The zero-order valence-electron chi connectivity index (χ0n) is 16.9. The van der Waals surface area contributed by atoms with Crippen molar-refractivity contribution in [1.29, 1.82) is 0 Å².